The number of benzene rings is 1. The van der Waals surface area contributed by atoms with Gasteiger partial charge in [-0.2, -0.15) is 0 Å². The Hall–Kier alpha value is -0.860. The first-order valence-corrected chi connectivity index (χ1v) is 8.61. The van der Waals surface area contributed by atoms with Crippen LogP contribution in [0, 0.1) is 0 Å². The van der Waals surface area contributed by atoms with E-state index in [2.05, 4.69) is 61.3 Å². The van der Waals surface area contributed by atoms with E-state index >= 15 is 0 Å². The first-order valence-electron chi connectivity index (χ1n) is 8.61. The van der Waals surface area contributed by atoms with Crippen molar-refractivity contribution in [3.8, 4) is 0 Å². The van der Waals surface area contributed by atoms with Crippen LogP contribution in [0.2, 0.25) is 0 Å². The second kappa shape index (κ2) is 5.73. The molecule has 2 fully saturated rings. The number of nitrogens with zero attached hydrogens (tertiary/aromatic N) is 1. The molecule has 1 aromatic carbocycles. The summed E-state index contributed by atoms with van der Waals surface area (Å²) in [4.78, 5) is 2.80. The van der Waals surface area contributed by atoms with Gasteiger partial charge in [-0.3, -0.25) is 4.90 Å². The summed E-state index contributed by atoms with van der Waals surface area (Å²) >= 11 is 0. The number of hydrogen-bond acceptors (Lipinski definition) is 2. The maximum Gasteiger partial charge on any atom is 0.0535 e. The Balaban J connectivity index is 1.84. The predicted octanol–water partition coefficient (Wildman–Crippen LogP) is 3.92. The molecule has 1 saturated carbocycles. The summed E-state index contributed by atoms with van der Waals surface area (Å²) in [5.41, 5.74) is 1.89. The van der Waals surface area contributed by atoms with Crippen LogP contribution in [0.1, 0.15) is 58.4 Å². The van der Waals surface area contributed by atoms with Crippen LogP contribution >= 0.6 is 0 Å². The van der Waals surface area contributed by atoms with Crippen molar-refractivity contribution in [2.45, 2.75) is 70.0 Å². The van der Waals surface area contributed by atoms with Crippen LogP contribution in [-0.4, -0.2) is 29.6 Å². The molecule has 2 nitrogen and oxygen atoms in total. The maximum absolute atomic E-state index is 3.81. The highest BCUT2D eigenvalue weighted by Gasteiger charge is 2.43. The minimum Gasteiger partial charge on any atom is -0.305 e. The van der Waals surface area contributed by atoms with Crippen molar-refractivity contribution in [2.24, 2.45) is 0 Å². The molecule has 0 bridgehead atoms. The van der Waals surface area contributed by atoms with E-state index < -0.39 is 0 Å². The highest BCUT2D eigenvalue weighted by atomic mass is 15.3. The molecular weight excluding hydrogens is 256 g/mol. The number of piperazine rings is 1. The third-order valence-corrected chi connectivity index (χ3v) is 5.84. The summed E-state index contributed by atoms with van der Waals surface area (Å²) in [6, 6.07) is 11.6. The topological polar surface area (TPSA) is 15.3 Å². The zero-order valence-electron chi connectivity index (χ0n) is 13.9. The second-order valence-corrected chi connectivity index (χ2v) is 7.61. The summed E-state index contributed by atoms with van der Waals surface area (Å²) in [6.45, 7) is 9.46. The third kappa shape index (κ3) is 2.89. The molecule has 0 aromatic heterocycles. The van der Waals surface area contributed by atoms with E-state index in [0.29, 0.717) is 11.6 Å². The SMILES string of the molecule is CC1CNC(C)(c2ccccc2)CN1C1(C)CCCCC1. The van der Waals surface area contributed by atoms with Gasteiger partial charge in [-0.25, -0.2) is 0 Å². The number of hydrogen-bond donors (Lipinski definition) is 1. The zero-order valence-corrected chi connectivity index (χ0v) is 13.9. The molecule has 3 rings (SSSR count). The van der Waals surface area contributed by atoms with Crippen molar-refractivity contribution < 1.29 is 0 Å². The molecule has 1 aliphatic carbocycles. The van der Waals surface area contributed by atoms with Crippen LogP contribution in [0.3, 0.4) is 0 Å². The molecule has 0 amide bonds. The highest BCUT2D eigenvalue weighted by molar-refractivity contribution is 5.25. The lowest BCUT2D eigenvalue weighted by atomic mass is 9.78. The van der Waals surface area contributed by atoms with Gasteiger partial charge in [0.25, 0.3) is 0 Å². The predicted molar refractivity (Wildman–Crippen MR) is 89.5 cm³/mol. The molecule has 2 aliphatic rings. The van der Waals surface area contributed by atoms with E-state index in [4.69, 9.17) is 0 Å². The Morgan fingerprint density at radius 2 is 1.71 bits per heavy atom. The summed E-state index contributed by atoms with van der Waals surface area (Å²) < 4.78 is 0. The van der Waals surface area contributed by atoms with Crippen LogP contribution in [0.15, 0.2) is 30.3 Å². The molecule has 2 atom stereocenters. The second-order valence-electron chi connectivity index (χ2n) is 7.61. The van der Waals surface area contributed by atoms with Gasteiger partial charge in [-0.15, -0.1) is 0 Å². The molecular formula is C19H30N2. The van der Waals surface area contributed by atoms with Gasteiger partial charge in [0.05, 0.1) is 5.54 Å². The van der Waals surface area contributed by atoms with E-state index in [9.17, 15) is 0 Å². The minimum absolute atomic E-state index is 0.0776. The largest absolute Gasteiger partial charge is 0.305 e. The van der Waals surface area contributed by atoms with Crippen molar-refractivity contribution in [3.63, 3.8) is 0 Å². The van der Waals surface area contributed by atoms with Crippen molar-refractivity contribution in [3.05, 3.63) is 35.9 Å². The molecule has 0 spiro atoms. The molecule has 2 unspecified atom stereocenters. The standard InChI is InChI=1S/C19H30N2/c1-16-14-20-19(3,17-10-6-4-7-11-17)15-21(16)18(2)12-8-5-9-13-18/h4,6-7,10-11,16,20H,5,8-9,12-15H2,1-3H3. The minimum atomic E-state index is 0.0776. The molecule has 1 heterocycles. The van der Waals surface area contributed by atoms with E-state index in [-0.39, 0.29) is 5.54 Å². The summed E-state index contributed by atoms with van der Waals surface area (Å²) in [5.74, 6) is 0. The fourth-order valence-corrected chi connectivity index (χ4v) is 4.36. The lowest BCUT2D eigenvalue weighted by Gasteiger charge is -2.54. The van der Waals surface area contributed by atoms with Crippen molar-refractivity contribution in [1.29, 1.82) is 0 Å². The van der Waals surface area contributed by atoms with Crippen molar-refractivity contribution in [1.82, 2.24) is 10.2 Å². The number of nitrogens with one attached hydrogen (secondary N) is 1. The van der Waals surface area contributed by atoms with E-state index in [1.54, 1.807) is 0 Å². The average Bonchev–Trinajstić information content (AvgIpc) is 2.51. The Bertz CT molecular complexity index is 464. The normalized spacial score (nSPS) is 33.8. The van der Waals surface area contributed by atoms with Gasteiger partial charge >= 0.3 is 0 Å². The van der Waals surface area contributed by atoms with Gasteiger partial charge in [-0.05, 0) is 39.2 Å². The molecule has 1 N–H and O–H groups in total. The quantitative estimate of drug-likeness (QED) is 0.886. The van der Waals surface area contributed by atoms with Crippen LogP contribution in [-0.2, 0) is 5.54 Å². The molecule has 2 heteroatoms. The molecule has 1 aliphatic heterocycles. The maximum atomic E-state index is 3.81. The molecule has 1 aromatic rings. The van der Waals surface area contributed by atoms with E-state index in [1.165, 1.54) is 37.7 Å². The molecule has 116 valence electrons. The summed E-state index contributed by atoms with van der Waals surface area (Å²) in [7, 11) is 0. The summed E-state index contributed by atoms with van der Waals surface area (Å²) in [6.07, 6.45) is 6.95. The van der Waals surface area contributed by atoms with Crippen LogP contribution < -0.4 is 5.32 Å². The molecule has 1 saturated heterocycles. The first-order chi connectivity index (χ1) is 10.0. The Labute approximate surface area is 129 Å². The van der Waals surface area contributed by atoms with Crippen LogP contribution in [0.25, 0.3) is 0 Å². The Morgan fingerprint density at radius 3 is 2.38 bits per heavy atom. The van der Waals surface area contributed by atoms with Crippen molar-refractivity contribution in [2.75, 3.05) is 13.1 Å². The van der Waals surface area contributed by atoms with E-state index in [1.807, 2.05) is 0 Å². The average molecular weight is 286 g/mol. The van der Waals surface area contributed by atoms with Gasteiger partial charge in [0, 0.05) is 24.7 Å². The monoisotopic (exact) mass is 286 g/mol. The van der Waals surface area contributed by atoms with E-state index in [0.717, 1.165) is 13.1 Å². The Morgan fingerprint density at radius 1 is 1.05 bits per heavy atom. The van der Waals surface area contributed by atoms with Crippen LogP contribution in [0.4, 0.5) is 0 Å². The Kier molecular flexibility index (Phi) is 4.11. The van der Waals surface area contributed by atoms with Gasteiger partial charge in [-0.1, -0.05) is 49.6 Å². The molecule has 0 radical (unpaired) electrons. The number of rotatable bonds is 2. The van der Waals surface area contributed by atoms with Gasteiger partial charge in [0.1, 0.15) is 0 Å². The third-order valence-electron chi connectivity index (χ3n) is 5.84. The lowest BCUT2D eigenvalue weighted by Crippen LogP contribution is -2.66. The first kappa shape index (κ1) is 15.1. The van der Waals surface area contributed by atoms with Gasteiger partial charge in [0.15, 0.2) is 0 Å². The van der Waals surface area contributed by atoms with Crippen LogP contribution in [0.5, 0.6) is 0 Å². The highest BCUT2D eigenvalue weighted by Crippen LogP contribution is 2.38. The fraction of sp³-hybridized carbons (Fsp3) is 0.684. The summed E-state index contributed by atoms with van der Waals surface area (Å²) in [5, 5.41) is 3.81. The van der Waals surface area contributed by atoms with Gasteiger partial charge < -0.3 is 5.32 Å². The smallest absolute Gasteiger partial charge is 0.0535 e. The zero-order chi connectivity index (χ0) is 14.9. The molecule has 21 heavy (non-hydrogen) atoms. The van der Waals surface area contributed by atoms with Crippen molar-refractivity contribution >= 4 is 0 Å². The lowest BCUT2D eigenvalue weighted by molar-refractivity contribution is -0.0188. The fourth-order valence-electron chi connectivity index (χ4n) is 4.36. The van der Waals surface area contributed by atoms with Gasteiger partial charge in [0.2, 0.25) is 0 Å².